The fraction of sp³-hybridized carbons (Fsp3) is 0.778. The third-order valence-electron chi connectivity index (χ3n) is 6.09. The molecule has 2 atom stereocenters. The van der Waals surface area contributed by atoms with Crippen molar-refractivity contribution in [2.45, 2.75) is 70.5 Å². The highest BCUT2D eigenvalue weighted by atomic mass is 16.2. The maximum atomic E-state index is 12.6. The molecule has 1 aromatic rings. The van der Waals surface area contributed by atoms with E-state index < -0.39 is 11.1 Å². The van der Waals surface area contributed by atoms with Crippen molar-refractivity contribution >= 4 is 6.03 Å². The van der Waals surface area contributed by atoms with E-state index in [-0.39, 0.29) is 23.9 Å². The lowest BCUT2D eigenvalue weighted by atomic mass is 9.88. The number of rotatable bonds is 2. The van der Waals surface area contributed by atoms with Crippen molar-refractivity contribution in [2.24, 2.45) is 5.92 Å². The topological polar surface area (TPSA) is 89.2 Å². The summed E-state index contributed by atoms with van der Waals surface area (Å²) in [6.07, 6.45) is 5.32. The minimum absolute atomic E-state index is 0.00618. The van der Waals surface area contributed by atoms with Gasteiger partial charge in [-0.25, -0.2) is 9.48 Å². The van der Waals surface area contributed by atoms with Crippen molar-refractivity contribution in [3.05, 3.63) is 26.5 Å². The average Bonchev–Trinajstić information content (AvgIpc) is 3.24. The Hall–Kier alpha value is -2.12. The minimum Gasteiger partial charge on any atom is -0.335 e. The monoisotopic (exact) mass is 361 g/mol. The van der Waals surface area contributed by atoms with Crippen LogP contribution in [0.3, 0.4) is 0 Å². The normalized spacial score (nSPS) is 25.4. The molecule has 1 saturated heterocycles. The molecule has 0 aromatic carbocycles. The van der Waals surface area contributed by atoms with Crippen LogP contribution in [0.1, 0.15) is 63.7 Å². The summed E-state index contributed by atoms with van der Waals surface area (Å²) in [6, 6.07) is 0.127. The van der Waals surface area contributed by atoms with Crippen molar-refractivity contribution in [2.75, 3.05) is 13.1 Å². The van der Waals surface area contributed by atoms with E-state index in [2.05, 4.69) is 10.4 Å². The zero-order valence-electron chi connectivity index (χ0n) is 15.5. The summed E-state index contributed by atoms with van der Waals surface area (Å²) in [5.41, 5.74) is -1.04. The third-order valence-corrected chi connectivity index (χ3v) is 6.09. The van der Waals surface area contributed by atoms with E-state index in [4.69, 9.17) is 0 Å². The Kier molecular flexibility index (Phi) is 4.36. The second kappa shape index (κ2) is 6.55. The third kappa shape index (κ3) is 2.85. The number of carbonyl (C=O) groups excluding carboxylic acids is 1. The summed E-state index contributed by atoms with van der Waals surface area (Å²) in [5, 5.41) is 7.65. The highest BCUT2D eigenvalue weighted by Crippen LogP contribution is 2.37. The van der Waals surface area contributed by atoms with Gasteiger partial charge in [0, 0.05) is 31.6 Å². The van der Waals surface area contributed by atoms with E-state index in [9.17, 15) is 14.4 Å². The number of urea groups is 1. The van der Waals surface area contributed by atoms with Gasteiger partial charge in [-0.3, -0.25) is 14.2 Å². The number of nitrogens with one attached hydrogen (secondary N) is 1. The van der Waals surface area contributed by atoms with Crippen molar-refractivity contribution in [3.63, 3.8) is 0 Å². The van der Waals surface area contributed by atoms with Crippen LogP contribution in [-0.2, 0) is 6.54 Å². The highest BCUT2D eigenvalue weighted by Gasteiger charge is 2.41. The van der Waals surface area contributed by atoms with Gasteiger partial charge in [-0.1, -0.05) is 12.8 Å². The van der Waals surface area contributed by atoms with Crippen LogP contribution in [0.2, 0.25) is 0 Å². The Balaban J connectivity index is 1.57. The van der Waals surface area contributed by atoms with Crippen LogP contribution in [0.5, 0.6) is 0 Å². The number of hydrogen-bond acceptors (Lipinski definition) is 4. The van der Waals surface area contributed by atoms with E-state index in [0.717, 1.165) is 19.3 Å². The smallest absolute Gasteiger partial charge is 0.332 e. The molecule has 1 aromatic heterocycles. The lowest BCUT2D eigenvalue weighted by Gasteiger charge is -2.34. The summed E-state index contributed by atoms with van der Waals surface area (Å²) in [5.74, 6) is 0.955. The SMILES string of the molecule is CC(C)n1nc2n(c(=O)c1=O)C[C@@H]1CCN(C(=O)NC3CCCC3)C[C@H]21. The number of fused-ring (bicyclic) bond motifs is 3. The molecule has 26 heavy (non-hydrogen) atoms. The molecule has 0 bridgehead atoms. The van der Waals surface area contributed by atoms with E-state index in [1.165, 1.54) is 22.1 Å². The van der Waals surface area contributed by atoms with Crippen LogP contribution < -0.4 is 16.4 Å². The maximum absolute atomic E-state index is 12.6. The average molecular weight is 361 g/mol. The van der Waals surface area contributed by atoms with E-state index in [1.54, 1.807) is 0 Å². The van der Waals surface area contributed by atoms with Gasteiger partial charge in [0.1, 0.15) is 5.82 Å². The molecule has 0 radical (unpaired) electrons. The fourth-order valence-electron chi connectivity index (χ4n) is 4.59. The van der Waals surface area contributed by atoms with Crippen molar-refractivity contribution in [1.29, 1.82) is 0 Å². The molecule has 0 spiro atoms. The lowest BCUT2D eigenvalue weighted by molar-refractivity contribution is 0.157. The quantitative estimate of drug-likeness (QED) is 0.798. The zero-order chi connectivity index (χ0) is 18.4. The molecule has 3 aliphatic rings. The molecule has 1 aliphatic carbocycles. The van der Waals surface area contributed by atoms with Gasteiger partial charge in [0.25, 0.3) is 0 Å². The summed E-state index contributed by atoms with van der Waals surface area (Å²) >= 11 is 0. The number of amides is 2. The first kappa shape index (κ1) is 17.3. The number of hydrogen-bond donors (Lipinski definition) is 1. The molecule has 8 nitrogen and oxygen atoms in total. The second-order valence-electron chi connectivity index (χ2n) is 8.15. The number of aromatic nitrogens is 3. The number of carbonyl (C=O) groups is 1. The molecule has 2 amide bonds. The Morgan fingerprint density at radius 3 is 2.54 bits per heavy atom. The van der Waals surface area contributed by atoms with Crippen LogP contribution in [0.4, 0.5) is 4.79 Å². The van der Waals surface area contributed by atoms with Crippen LogP contribution in [0.25, 0.3) is 0 Å². The Bertz CT molecular complexity index is 821. The van der Waals surface area contributed by atoms with Gasteiger partial charge in [0.05, 0.1) is 6.04 Å². The minimum atomic E-state index is -0.557. The molecule has 0 unspecified atom stereocenters. The van der Waals surface area contributed by atoms with Gasteiger partial charge < -0.3 is 10.2 Å². The van der Waals surface area contributed by atoms with E-state index in [0.29, 0.717) is 31.5 Å². The molecule has 2 aliphatic heterocycles. The Morgan fingerprint density at radius 1 is 1.12 bits per heavy atom. The first-order valence-corrected chi connectivity index (χ1v) is 9.74. The lowest BCUT2D eigenvalue weighted by Crippen LogP contribution is -2.49. The fourth-order valence-corrected chi connectivity index (χ4v) is 4.59. The standard InChI is InChI=1S/C18H27N5O3/c1-11(2)23-17(25)16(24)22-9-12-7-8-21(10-14(12)15(22)20-23)18(26)19-13-5-3-4-6-13/h11-14H,3-10H2,1-2H3,(H,19,26)/t12-,14-/m0/s1. The predicted octanol–water partition coefficient (Wildman–Crippen LogP) is 1.06. The van der Waals surface area contributed by atoms with Crippen LogP contribution >= 0.6 is 0 Å². The molecular formula is C18H27N5O3. The van der Waals surface area contributed by atoms with Gasteiger partial charge in [0.15, 0.2) is 0 Å². The van der Waals surface area contributed by atoms with E-state index >= 15 is 0 Å². The molecular weight excluding hydrogens is 334 g/mol. The predicted molar refractivity (Wildman–Crippen MR) is 96.4 cm³/mol. The number of nitrogens with zero attached hydrogens (tertiary/aromatic N) is 4. The first-order chi connectivity index (χ1) is 12.5. The van der Waals surface area contributed by atoms with Gasteiger partial charge in [0.2, 0.25) is 0 Å². The number of piperidine rings is 1. The molecule has 2 fully saturated rings. The van der Waals surface area contributed by atoms with Crippen molar-refractivity contribution in [3.8, 4) is 0 Å². The van der Waals surface area contributed by atoms with E-state index in [1.807, 2.05) is 18.7 Å². The summed E-state index contributed by atoms with van der Waals surface area (Å²) in [7, 11) is 0. The first-order valence-electron chi connectivity index (χ1n) is 9.74. The highest BCUT2D eigenvalue weighted by molar-refractivity contribution is 5.74. The van der Waals surface area contributed by atoms with Gasteiger partial charge in [-0.15, -0.1) is 0 Å². The summed E-state index contributed by atoms with van der Waals surface area (Å²) in [4.78, 5) is 39.2. The van der Waals surface area contributed by atoms with Gasteiger partial charge in [-0.2, -0.15) is 5.10 Å². The molecule has 3 heterocycles. The molecule has 1 saturated carbocycles. The molecule has 4 rings (SSSR count). The van der Waals surface area contributed by atoms with Crippen LogP contribution in [-0.4, -0.2) is 44.4 Å². The largest absolute Gasteiger partial charge is 0.335 e. The molecule has 1 N–H and O–H groups in total. The maximum Gasteiger partial charge on any atom is 0.332 e. The molecule has 142 valence electrons. The molecule has 8 heteroatoms. The summed E-state index contributed by atoms with van der Waals surface area (Å²) < 4.78 is 2.82. The van der Waals surface area contributed by atoms with Crippen LogP contribution in [0, 0.1) is 5.92 Å². The Labute approximate surface area is 152 Å². The second-order valence-corrected chi connectivity index (χ2v) is 8.15. The zero-order valence-corrected chi connectivity index (χ0v) is 15.5. The van der Waals surface area contributed by atoms with Crippen molar-refractivity contribution in [1.82, 2.24) is 24.6 Å². The Morgan fingerprint density at radius 2 is 1.85 bits per heavy atom. The summed E-state index contributed by atoms with van der Waals surface area (Å²) in [6.45, 7) is 5.49. The van der Waals surface area contributed by atoms with Gasteiger partial charge >= 0.3 is 17.1 Å². The van der Waals surface area contributed by atoms with Crippen molar-refractivity contribution < 1.29 is 4.79 Å². The van der Waals surface area contributed by atoms with Gasteiger partial charge in [-0.05, 0) is 39.0 Å². The van der Waals surface area contributed by atoms with Crippen LogP contribution in [0.15, 0.2) is 9.59 Å². The number of likely N-dealkylation sites (tertiary alicyclic amines) is 1.